The highest BCUT2D eigenvalue weighted by Crippen LogP contribution is 2.20. The van der Waals surface area contributed by atoms with Crippen LogP contribution < -0.4 is 14.4 Å². The van der Waals surface area contributed by atoms with Crippen molar-refractivity contribution >= 4 is 21.6 Å². The lowest BCUT2D eigenvalue weighted by molar-refractivity contribution is -0.121. The van der Waals surface area contributed by atoms with E-state index >= 15 is 0 Å². The summed E-state index contributed by atoms with van der Waals surface area (Å²) in [5.74, 6) is 0.357. The van der Waals surface area contributed by atoms with Gasteiger partial charge < -0.3 is 10.1 Å². The molecule has 0 aliphatic heterocycles. The van der Waals surface area contributed by atoms with Crippen molar-refractivity contribution in [1.82, 2.24) is 5.32 Å². The van der Waals surface area contributed by atoms with Crippen molar-refractivity contribution in [3.8, 4) is 5.75 Å². The topological polar surface area (TPSA) is 75.7 Å². The molecule has 146 valence electrons. The molecule has 0 aliphatic carbocycles. The lowest BCUT2D eigenvalue weighted by atomic mass is 10.1. The Balaban J connectivity index is 1.94. The third-order valence-electron chi connectivity index (χ3n) is 4.25. The van der Waals surface area contributed by atoms with Gasteiger partial charge in [-0.05, 0) is 56.2 Å². The number of nitrogens with zero attached hydrogens (tertiary/aromatic N) is 1. The average molecular weight is 391 g/mol. The van der Waals surface area contributed by atoms with Crippen molar-refractivity contribution in [2.75, 3.05) is 23.7 Å². The predicted octanol–water partition coefficient (Wildman–Crippen LogP) is 2.65. The summed E-state index contributed by atoms with van der Waals surface area (Å²) in [6.45, 7) is 6.18. The summed E-state index contributed by atoms with van der Waals surface area (Å²) in [6.07, 6.45) is 1.09. The van der Waals surface area contributed by atoms with Crippen molar-refractivity contribution in [2.45, 2.75) is 26.8 Å². The fourth-order valence-electron chi connectivity index (χ4n) is 2.68. The van der Waals surface area contributed by atoms with Crippen molar-refractivity contribution in [3.63, 3.8) is 0 Å². The Morgan fingerprint density at radius 3 is 2.37 bits per heavy atom. The number of hydrogen-bond acceptors (Lipinski definition) is 4. The van der Waals surface area contributed by atoms with Gasteiger partial charge in [0.2, 0.25) is 15.9 Å². The third kappa shape index (κ3) is 5.72. The molecule has 1 unspecified atom stereocenters. The molecule has 0 aliphatic rings. The van der Waals surface area contributed by atoms with E-state index in [9.17, 15) is 13.2 Å². The maximum absolute atomic E-state index is 12.4. The Morgan fingerprint density at radius 1 is 1.11 bits per heavy atom. The number of amides is 1. The Bertz CT molecular complexity index is 882. The standard InChI is InChI=1S/C20H26N2O4S/c1-15-10-11-19(14-16(15)2)26-13-12-21-20(23)17(3)22(27(4,24)25)18-8-6-5-7-9-18/h5-11,14,17H,12-13H2,1-4H3,(H,21,23). The smallest absolute Gasteiger partial charge is 0.243 e. The quantitative estimate of drug-likeness (QED) is 0.703. The molecule has 2 rings (SSSR count). The van der Waals surface area contributed by atoms with Crippen LogP contribution in [0.5, 0.6) is 5.75 Å². The first kappa shape index (κ1) is 20.8. The summed E-state index contributed by atoms with van der Waals surface area (Å²) >= 11 is 0. The molecule has 0 radical (unpaired) electrons. The van der Waals surface area contributed by atoms with Crippen LogP contribution in [0.15, 0.2) is 48.5 Å². The minimum atomic E-state index is -3.60. The molecular formula is C20H26N2O4S. The van der Waals surface area contributed by atoms with E-state index in [0.29, 0.717) is 12.3 Å². The van der Waals surface area contributed by atoms with Gasteiger partial charge in [-0.15, -0.1) is 0 Å². The SMILES string of the molecule is Cc1ccc(OCCNC(=O)C(C)N(c2ccccc2)S(C)(=O)=O)cc1C. The molecule has 7 heteroatoms. The zero-order valence-electron chi connectivity index (χ0n) is 16.1. The van der Waals surface area contributed by atoms with Gasteiger partial charge in [-0.2, -0.15) is 0 Å². The Labute approximate surface area is 161 Å². The second-order valence-electron chi connectivity index (χ2n) is 6.46. The first-order valence-electron chi connectivity index (χ1n) is 8.72. The molecule has 0 aromatic heterocycles. The molecule has 0 bridgehead atoms. The first-order valence-corrected chi connectivity index (χ1v) is 10.6. The number of anilines is 1. The zero-order chi connectivity index (χ0) is 20.0. The first-order chi connectivity index (χ1) is 12.7. The van der Waals surface area contributed by atoms with Crippen molar-refractivity contribution in [2.24, 2.45) is 0 Å². The summed E-state index contributed by atoms with van der Waals surface area (Å²) < 4.78 is 31.1. The van der Waals surface area contributed by atoms with Crippen LogP contribution in [0.4, 0.5) is 5.69 Å². The van der Waals surface area contributed by atoms with Crippen LogP contribution in [0.25, 0.3) is 0 Å². The monoisotopic (exact) mass is 390 g/mol. The van der Waals surface area contributed by atoms with E-state index in [-0.39, 0.29) is 12.5 Å². The Kier molecular flexibility index (Phi) is 6.85. The van der Waals surface area contributed by atoms with E-state index in [1.54, 1.807) is 37.3 Å². The number of aryl methyl sites for hydroxylation is 2. The maximum atomic E-state index is 12.4. The molecule has 0 fully saturated rings. The largest absolute Gasteiger partial charge is 0.492 e. The molecule has 1 atom stereocenters. The molecule has 0 saturated carbocycles. The second-order valence-corrected chi connectivity index (χ2v) is 8.32. The Hall–Kier alpha value is -2.54. The van der Waals surface area contributed by atoms with Crippen LogP contribution >= 0.6 is 0 Å². The van der Waals surface area contributed by atoms with Gasteiger partial charge in [0.15, 0.2) is 0 Å². The highest BCUT2D eigenvalue weighted by atomic mass is 32.2. The molecular weight excluding hydrogens is 364 g/mol. The van der Waals surface area contributed by atoms with Gasteiger partial charge in [0, 0.05) is 0 Å². The number of carbonyl (C=O) groups is 1. The number of rotatable bonds is 8. The van der Waals surface area contributed by atoms with Crippen LogP contribution in [0.2, 0.25) is 0 Å². The van der Waals surface area contributed by atoms with E-state index < -0.39 is 16.1 Å². The van der Waals surface area contributed by atoms with Crippen LogP contribution in [0.1, 0.15) is 18.1 Å². The van der Waals surface area contributed by atoms with Crippen molar-refractivity contribution in [1.29, 1.82) is 0 Å². The minimum Gasteiger partial charge on any atom is -0.492 e. The van der Waals surface area contributed by atoms with E-state index in [2.05, 4.69) is 5.32 Å². The van der Waals surface area contributed by atoms with E-state index in [0.717, 1.165) is 21.9 Å². The minimum absolute atomic E-state index is 0.280. The van der Waals surface area contributed by atoms with Gasteiger partial charge in [-0.1, -0.05) is 24.3 Å². The highest BCUT2D eigenvalue weighted by Gasteiger charge is 2.28. The number of sulfonamides is 1. The van der Waals surface area contributed by atoms with Gasteiger partial charge >= 0.3 is 0 Å². The number of nitrogens with one attached hydrogen (secondary N) is 1. The molecule has 27 heavy (non-hydrogen) atoms. The molecule has 0 spiro atoms. The summed E-state index contributed by atoms with van der Waals surface area (Å²) in [4.78, 5) is 12.4. The van der Waals surface area contributed by atoms with Crippen LogP contribution in [0.3, 0.4) is 0 Å². The summed E-state index contributed by atoms with van der Waals surface area (Å²) in [7, 11) is -3.60. The molecule has 0 heterocycles. The van der Waals surface area contributed by atoms with Crippen LogP contribution in [-0.4, -0.2) is 39.8 Å². The molecule has 1 amide bonds. The van der Waals surface area contributed by atoms with Gasteiger partial charge in [-0.25, -0.2) is 8.42 Å². The van der Waals surface area contributed by atoms with Crippen molar-refractivity contribution < 1.29 is 17.9 Å². The van der Waals surface area contributed by atoms with Gasteiger partial charge in [0.05, 0.1) is 18.5 Å². The maximum Gasteiger partial charge on any atom is 0.243 e. The number of hydrogen-bond donors (Lipinski definition) is 1. The van der Waals surface area contributed by atoms with Gasteiger partial charge in [-0.3, -0.25) is 9.10 Å². The number of para-hydroxylation sites is 1. The molecule has 2 aromatic rings. The Morgan fingerprint density at radius 2 is 1.78 bits per heavy atom. The van der Waals surface area contributed by atoms with Gasteiger partial charge in [0.25, 0.3) is 0 Å². The van der Waals surface area contributed by atoms with Crippen molar-refractivity contribution in [3.05, 3.63) is 59.7 Å². The lowest BCUT2D eigenvalue weighted by Crippen LogP contribution is -2.48. The zero-order valence-corrected chi connectivity index (χ0v) is 16.9. The van der Waals surface area contributed by atoms with E-state index in [1.165, 1.54) is 5.56 Å². The van der Waals surface area contributed by atoms with E-state index in [1.807, 2.05) is 32.0 Å². The number of benzene rings is 2. The predicted molar refractivity (Wildman–Crippen MR) is 108 cm³/mol. The van der Waals surface area contributed by atoms with Crippen LogP contribution in [-0.2, 0) is 14.8 Å². The fourth-order valence-corrected chi connectivity index (χ4v) is 3.85. The molecule has 6 nitrogen and oxygen atoms in total. The normalized spacial score (nSPS) is 12.3. The molecule has 1 N–H and O–H groups in total. The summed E-state index contributed by atoms with van der Waals surface area (Å²) in [5.41, 5.74) is 2.78. The molecule has 0 saturated heterocycles. The fraction of sp³-hybridized carbons (Fsp3) is 0.350. The van der Waals surface area contributed by atoms with E-state index in [4.69, 9.17) is 4.74 Å². The van der Waals surface area contributed by atoms with Gasteiger partial charge in [0.1, 0.15) is 18.4 Å². The van der Waals surface area contributed by atoms with Crippen LogP contribution in [0, 0.1) is 13.8 Å². The average Bonchev–Trinajstić information content (AvgIpc) is 2.61. The third-order valence-corrected chi connectivity index (χ3v) is 5.49. The highest BCUT2D eigenvalue weighted by molar-refractivity contribution is 7.92. The molecule has 2 aromatic carbocycles. The lowest BCUT2D eigenvalue weighted by Gasteiger charge is -2.28. The second kappa shape index (κ2) is 8.90. The summed E-state index contributed by atoms with van der Waals surface area (Å²) in [6, 6.07) is 13.5. The number of carbonyl (C=O) groups excluding carboxylic acids is 1. The number of ether oxygens (including phenoxy) is 1. The summed E-state index contributed by atoms with van der Waals surface area (Å²) in [5, 5.41) is 2.73.